The van der Waals surface area contributed by atoms with Crippen molar-refractivity contribution in [2.75, 3.05) is 27.2 Å². The van der Waals surface area contributed by atoms with Gasteiger partial charge in [-0.25, -0.2) is 0 Å². The summed E-state index contributed by atoms with van der Waals surface area (Å²) in [5, 5.41) is 3.10. The lowest BCUT2D eigenvalue weighted by atomic mass is 9.92. The Morgan fingerprint density at radius 1 is 1.28 bits per heavy atom. The maximum atomic E-state index is 12.7. The van der Waals surface area contributed by atoms with E-state index in [1.54, 1.807) is 0 Å². The molecule has 1 atom stereocenters. The summed E-state index contributed by atoms with van der Waals surface area (Å²) in [4.78, 5) is 12.7. The van der Waals surface area contributed by atoms with Gasteiger partial charge in [-0.05, 0) is 38.7 Å². The summed E-state index contributed by atoms with van der Waals surface area (Å²) in [6, 6.07) is 10.0. The van der Waals surface area contributed by atoms with Crippen LogP contribution in [0.2, 0.25) is 0 Å². The number of rotatable bonds is 6. The minimum Gasteiger partial charge on any atom is -0.351 e. The van der Waals surface area contributed by atoms with Gasteiger partial charge in [0.15, 0.2) is 0 Å². The van der Waals surface area contributed by atoms with Crippen LogP contribution in [-0.2, 0) is 21.4 Å². The van der Waals surface area contributed by atoms with E-state index in [4.69, 9.17) is 0 Å². The lowest BCUT2D eigenvalue weighted by Gasteiger charge is -2.35. The van der Waals surface area contributed by atoms with Crippen LogP contribution in [0.5, 0.6) is 0 Å². The SMILES string of the molecule is CN(C)S(=O)(=O)N1CCC[C@H](C(=O)NC(C)(C)Cc2ccccc2)C1. The third-order valence-corrected chi connectivity index (χ3v) is 6.40. The summed E-state index contributed by atoms with van der Waals surface area (Å²) >= 11 is 0. The lowest BCUT2D eigenvalue weighted by Crippen LogP contribution is -2.52. The van der Waals surface area contributed by atoms with Crippen molar-refractivity contribution in [3.05, 3.63) is 35.9 Å². The average molecular weight is 368 g/mol. The molecular formula is C18H29N3O3S. The van der Waals surface area contributed by atoms with E-state index in [1.165, 1.54) is 22.7 Å². The van der Waals surface area contributed by atoms with Crippen LogP contribution in [0.25, 0.3) is 0 Å². The van der Waals surface area contributed by atoms with E-state index in [2.05, 4.69) is 5.32 Å². The van der Waals surface area contributed by atoms with Crippen LogP contribution in [0.4, 0.5) is 0 Å². The number of carbonyl (C=O) groups is 1. The van der Waals surface area contributed by atoms with Crippen molar-refractivity contribution >= 4 is 16.1 Å². The smallest absolute Gasteiger partial charge is 0.281 e. The molecule has 1 heterocycles. The van der Waals surface area contributed by atoms with Gasteiger partial charge in [0, 0.05) is 32.7 Å². The largest absolute Gasteiger partial charge is 0.351 e. The van der Waals surface area contributed by atoms with Gasteiger partial charge in [-0.3, -0.25) is 4.79 Å². The summed E-state index contributed by atoms with van der Waals surface area (Å²) in [7, 11) is -0.440. The molecule has 1 aliphatic heterocycles. The minimum absolute atomic E-state index is 0.0698. The second-order valence-corrected chi connectivity index (χ2v) is 9.67. The van der Waals surface area contributed by atoms with Crippen LogP contribution in [0, 0.1) is 5.92 Å². The highest BCUT2D eigenvalue weighted by atomic mass is 32.2. The zero-order valence-electron chi connectivity index (χ0n) is 15.5. The fourth-order valence-electron chi connectivity index (χ4n) is 3.18. The van der Waals surface area contributed by atoms with E-state index in [1.807, 2.05) is 44.2 Å². The van der Waals surface area contributed by atoms with E-state index >= 15 is 0 Å². The predicted octanol–water partition coefficient (Wildman–Crippen LogP) is 1.64. The second-order valence-electron chi connectivity index (χ2n) is 7.52. The fraction of sp³-hybridized carbons (Fsp3) is 0.611. The first-order chi connectivity index (χ1) is 11.6. The van der Waals surface area contributed by atoms with Crippen LogP contribution in [0.1, 0.15) is 32.3 Å². The van der Waals surface area contributed by atoms with Gasteiger partial charge in [0.1, 0.15) is 0 Å². The molecule has 25 heavy (non-hydrogen) atoms. The highest BCUT2D eigenvalue weighted by Crippen LogP contribution is 2.22. The molecule has 0 saturated carbocycles. The molecule has 0 aromatic heterocycles. The Bertz CT molecular complexity index is 687. The van der Waals surface area contributed by atoms with Crippen molar-refractivity contribution in [1.82, 2.24) is 13.9 Å². The molecular weight excluding hydrogens is 338 g/mol. The van der Waals surface area contributed by atoms with Crippen LogP contribution in [-0.4, -0.2) is 55.7 Å². The summed E-state index contributed by atoms with van der Waals surface area (Å²) < 4.78 is 27.2. The molecule has 0 unspecified atom stereocenters. The van der Waals surface area contributed by atoms with Gasteiger partial charge in [0.2, 0.25) is 5.91 Å². The predicted molar refractivity (Wildman–Crippen MR) is 99.3 cm³/mol. The molecule has 2 rings (SSSR count). The van der Waals surface area contributed by atoms with Gasteiger partial charge in [-0.1, -0.05) is 30.3 Å². The van der Waals surface area contributed by atoms with E-state index in [-0.39, 0.29) is 23.9 Å². The van der Waals surface area contributed by atoms with Gasteiger partial charge in [-0.2, -0.15) is 17.0 Å². The van der Waals surface area contributed by atoms with Gasteiger partial charge in [-0.15, -0.1) is 0 Å². The highest BCUT2D eigenvalue weighted by Gasteiger charge is 2.35. The number of nitrogens with zero attached hydrogens (tertiary/aromatic N) is 2. The van der Waals surface area contributed by atoms with Crippen LogP contribution >= 0.6 is 0 Å². The van der Waals surface area contributed by atoms with Crippen molar-refractivity contribution in [1.29, 1.82) is 0 Å². The molecule has 6 nitrogen and oxygen atoms in total. The molecule has 1 aromatic rings. The molecule has 140 valence electrons. The molecule has 1 N–H and O–H groups in total. The Labute approximate surface area is 151 Å². The Morgan fingerprint density at radius 2 is 1.92 bits per heavy atom. The topological polar surface area (TPSA) is 69.7 Å². The number of piperidine rings is 1. The molecule has 0 bridgehead atoms. The second kappa shape index (κ2) is 7.85. The Morgan fingerprint density at radius 3 is 2.52 bits per heavy atom. The zero-order chi connectivity index (χ0) is 18.7. The van der Waals surface area contributed by atoms with Crippen molar-refractivity contribution in [3.63, 3.8) is 0 Å². The summed E-state index contributed by atoms with van der Waals surface area (Å²) in [5.74, 6) is -0.377. The third kappa shape index (κ3) is 5.26. The van der Waals surface area contributed by atoms with Gasteiger partial charge in [0.05, 0.1) is 5.92 Å². The first kappa shape index (κ1) is 19.9. The average Bonchev–Trinajstić information content (AvgIpc) is 2.54. The maximum absolute atomic E-state index is 12.7. The van der Waals surface area contributed by atoms with E-state index < -0.39 is 10.2 Å². The number of carbonyl (C=O) groups excluding carboxylic acids is 1. The zero-order valence-corrected chi connectivity index (χ0v) is 16.3. The molecule has 1 fully saturated rings. The van der Waals surface area contributed by atoms with Crippen LogP contribution in [0.15, 0.2) is 30.3 Å². The van der Waals surface area contributed by atoms with Crippen molar-refractivity contribution in [2.24, 2.45) is 5.92 Å². The first-order valence-corrected chi connectivity index (χ1v) is 10.0. The Kier molecular flexibility index (Phi) is 6.24. The Hall–Kier alpha value is -1.44. The Balaban J connectivity index is 2.00. The molecule has 7 heteroatoms. The summed E-state index contributed by atoms with van der Waals surface area (Å²) in [6.07, 6.45) is 2.14. The normalized spacial score (nSPS) is 19.8. The molecule has 0 aliphatic carbocycles. The standard InChI is InChI=1S/C18H29N3O3S/c1-18(2,13-15-9-6-5-7-10-15)19-17(22)16-11-8-12-21(14-16)25(23,24)20(3)4/h5-7,9-10,16H,8,11-14H2,1-4H3,(H,19,22)/t16-/m0/s1. The molecule has 1 aliphatic rings. The monoisotopic (exact) mass is 367 g/mol. The number of nitrogens with one attached hydrogen (secondary N) is 1. The van der Waals surface area contributed by atoms with E-state index in [0.29, 0.717) is 19.4 Å². The number of benzene rings is 1. The molecule has 0 spiro atoms. The number of hydrogen-bond acceptors (Lipinski definition) is 3. The van der Waals surface area contributed by atoms with Gasteiger partial charge >= 0.3 is 0 Å². The van der Waals surface area contributed by atoms with Crippen LogP contribution < -0.4 is 5.32 Å². The number of amides is 1. The first-order valence-electron chi connectivity index (χ1n) is 8.65. The van der Waals surface area contributed by atoms with Crippen LogP contribution in [0.3, 0.4) is 0 Å². The summed E-state index contributed by atoms with van der Waals surface area (Å²) in [6.45, 7) is 4.70. The van der Waals surface area contributed by atoms with Gasteiger partial charge < -0.3 is 5.32 Å². The van der Waals surface area contributed by atoms with Crippen molar-refractivity contribution in [3.8, 4) is 0 Å². The van der Waals surface area contributed by atoms with Crippen molar-refractivity contribution in [2.45, 2.75) is 38.6 Å². The highest BCUT2D eigenvalue weighted by molar-refractivity contribution is 7.86. The third-order valence-electron chi connectivity index (χ3n) is 4.49. The maximum Gasteiger partial charge on any atom is 0.281 e. The van der Waals surface area contributed by atoms with Crippen molar-refractivity contribution < 1.29 is 13.2 Å². The molecule has 0 radical (unpaired) electrons. The van der Waals surface area contributed by atoms with E-state index in [9.17, 15) is 13.2 Å². The lowest BCUT2D eigenvalue weighted by molar-refractivity contribution is -0.127. The molecule has 1 aromatic carbocycles. The minimum atomic E-state index is -3.47. The van der Waals surface area contributed by atoms with E-state index in [0.717, 1.165) is 12.0 Å². The van der Waals surface area contributed by atoms with Gasteiger partial charge in [0.25, 0.3) is 10.2 Å². The summed E-state index contributed by atoms with van der Waals surface area (Å²) in [5.41, 5.74) is 0.773. The molecule has 1 amide bonds. The molecule has 1 saturated heterocycles. The number of hydrogen-bond donors (Lipinski definition) is 1. The quantitative estimate of drug-likeness (QED) is 0.831. The fourth-order valence-corrected chi connectivity index (χ4v) is 4.37.